The van der Waals surface area contributed by atoms with Crippen molar-refractivity contribution in [2.75, 3.05) is 13.7 Å². The van der Waals surface area contributed by atoms with E-state index in [1.54, 1.807) is 13.3 Å². The lowest BCUT2D eigenvalue weighted by Crippen LogP contribution is -2.13. The highest BCUT2D eigenvalue weighted by Gasteiger charge is 2.42. The van der Waals surface area contributed by atoms with Crippen LogP contribution in [-0.4, -0.2) is 24.7 Å². The van der Waals surface area contributed by atoms with E-state index in [0.717, 1.165) is 24.0 Å². The lowest BCUT2D eigenvalue weighted by molar-refractivity contribution is 0.0524. The van der Waals surface area contributed by atoms with Gasteiger partial charge in [0.05, 0.1) is 19.3 Å². The van der Waals surface area contributed by atoms with Gasteiger partial charge >= 0.3 is 5.97 Å². The van der Waals surface area contributed by atoms with Crippen LogP contribution in [0.4, 0.5) is 0 Å². The molecule has 2 bridgehead atoms. The Hall–Kier alpha value is -1.58. The maximum Gasteiger partial charge on any atom is 0.339 e. The van der Waals surface area contributed by atoms with Gasteiger partial charge in [0, 0.05) is 11.8 Å². The van der Waals surface area contributed by atoms with Gasteiger partial charge < -0.3 is 9.47 Å². The average Bonchev–Trinajstić information content (AvgIpc) is 2.99. The third-order valence-electron chi connectivity index (χ3n) is 4.06. The van der Waals surface area contributed by atoms with Crippen molar-refractivity contribution in [3.05, 3.63) is 22.9 Å². The van der Waals surface area contributed by atoms with E-state index in [9.17, 15) is 4.79 Å². The third kappa shape index (κ3) is 1.51. The molecule has 1 aromatic heterocycles. The minimum atomic E-state index is -0.253. The highest BCUT2D eigenvalue weighted by atomic mass is 16.5. The van der Waals surface area contributed by atoms with Crippen LogP contribution in [0.15, 0.2) is 6.20 Å². The van der Waals surface area contributed by atoms with E-state index in [2.05, 4.69) is 4.98 Å². The molecule has 1 heterocycles. The molecule has 1 fully saturated rings. The zero-order chi connectivity index (χ0) is 12.7. The molecule has 2 aliphatic carbocycles. The molecule has 2 atom stereocenters. The van der Waals surface area contributed by atoms with Crippen LogP contribution in [-0.2, 0) is 4.74 Å². The summed E-state index contributed by atoms with van der Waals surface area (Å²) in [5.41, 5.74) is 2.93. The first-order chi connectivity index (χ1) is 8.76. The van der Waals surface area contributed by atoms with Gasteiger partial charge in [0.1, 0.15) is 0 Å². The van der Waals surface area contributed by atoms with E-state index >= 15 is 0 Å². The fourth-order valence-corrected chi connectivity index (χ4v) is 3.40. The molecule has 0 amide bonds. The normalized spacial score (nSPS) is 23.9. The predicted molar refractivity (Wildman–Crippen MR) is 66.1 cm³/mol. The Bertz CT molecular complexity index is 498. The molecule has 1 aromatic rings. The molecule has 96 valence electrons. The van der Waals surface area contributed by atoms with Crippen molar-refractivity contribution in [3.8, 4) is 5.88 Å². The maximum atomic E-state index is 12.0. The largest absolute Gasteiger partial charge is 0.481 e. The van der Waals surface area contributed by atoms with Crippen molar-refractivity contribution >= 4 is 5.97 Å². The minimum Gasteiger partial charge on any atom is -0.481 e. The molecule has 0 saturated heterocycles. The van der Waals surface area contributed by atoms with Crippen molar-refractivity contribution in [2.24, 2.45) is 0 Å². The number of methoxy groups -OCH3 is 1. The van der Waals surface area contributed by atoms with Crippen LogP contribution in [0, 0.1) is 0 Å². The Morgan fingerprint density at radius 2 is 2.11 bits per heavy atom. The second kappa shape index (κ2) is 4.26. The number of carbonyl (C=O) groups excluding carboxylic acids is 1. The molecule has 2 aliphatic rings. The summed E-state index contributed by atoms with van der Waals surface area (Å²) in [6, 6.07) is 0. The molecule has 18 heavy (non-hydrogen) atoms. The average molecular weight is 247 g/mol. The fraction of sp³-hybridized carbons (Fsp3) is 0.571. The third-order valence-corrected chi connectivity index (χ3v) is 4.06. The number of aromatic nitrogens is 1. The summed E-state index contributed by atoms with van der Waals surface area (Å²) in [6.45, 7) is 2.22. The van der Waals surface area contributed by atoms with E-state index in [-0.39, 0.29) is 5.97 Å². The first kappa shape index (κ1) is 11.5. The molecular formula is C14H17NO3. The number of fused-ring (bicyclic) bond motifs is 5. The maximum absolute atomic E-state index is 12.0. The van der Waals surface area contributed by atoms with Gasteiger partial charge in [-0.1, -0.05) is 0 Å². The van der Waals surface area contributed by atoms with Crippen LogP contribution >= 0.6 is 0 Å². The summed E-state index contributed by atoms with van der Waals surface area (Å²) in [6.07, 6.45) is 5.08. The molecule has 1 saturated carbocycles. The van der Waals surface area contributed by atoms with Gasteiger partial charge in [-0.2, -0.15) is 0 Å². The Balaban J connectivity index is 2.11. The number of esters is 1. The lowest BCUT2D eigenvalue weighted by Gasteiger charge is -2.19. The topological polar surface area (TPSA) is 48.4 Å². The van der Waals surface area contributed by atoms with Gasteiger partial charge in [-0.25, -0.2) is 9.78 Å². The first-order valence-corrected chi connectivity index (χ1v) is 6.50. The molecule has 0 N–H and O–H groups in total. The molecule has 2 unspecified atom stereocenters. The number of nitrogens with zero attached hydrogens (tertiary/aromatic N) is 1. The molecule has 0 spiro atoms. The second-order valence-electron chi connectivity index (χ2n) is 4.94. The number of pyridine rings is 1. The summed E-state index contributed by atoms with van der Waals surface area (Å²) in [7, 11) is 1.64. The highest BCUT2D eigenvalue weighted by molar-refractivity contribution is 5.92. The van der Waals surface area contributed by atoms with E-state index < -0.39 is 0 Å². The summed E-state index contributed by atoms with van der Waals surface area (Å²) >= 11 is 0. The van der Waals surface area contributed by atoms with Gasteiger partial charge in [-0.15, -0.1) is 0 Å². The summed E-state index contributed by atoms with van der Waals surface area (Å²) in [5.74, 6) is 1.44. The molecular weight excluding hydrogens is 230 g/mol. The molecule has 4 nitrogen and oxygen atoms in total. The van der Waals surface area contributed by atoms with Crippen molar-refractivity contribution in [1.29, 1.82) is 0 Å². The zero-order valence-corrected chi connectivity index (χ0v) is 10.7. The summed E-state index contributed by atoms with van der Waals surface area (Å²) in [5, 5.41) is 0. The quantitative estimate of drug-likeness (QED) is 0.770. The number of carbonyl (C=O) groups is 1. The standard InChI is InChI=1S/C14H17NO3/c1-3-18-14(16)10-7-15-13(17-2)12-9-5-4-8(6-9)11(10)12/h7-9H,3-6H2,1-2H3. The fourth-order valence-electron chi connectivity index (χ4n) is 3.40. The molecule has 3 rings (SSSR count). The van der Waals surface area contributed by atoms with E-state index in [0.29, 0.717) is 29.9 Å². The Labute approximate surface area is 106 Å². The SMILES string of the molecule is CCOC(=O)c1cnc(OC)c2c1C1CCC2C1. The predicted octanol–water partition coefficient (Wildman–Crippen LogP) is 2.63. The Kier molecular flexibility index (Phi) is 2.73. The minimum absolute atomic E-state index is 0.253. The number of rotatable bonds is 3. The van der Waals surface area contributed by atoms with Gasteiger partial charge in [0.25, 0.3) is 0 Å². The van der Waals surface area contributed by atoms with Crippen LogP contribution < -0.4 is 4.74 Å². The number of hydrogen-bond acceptors (Lipinski definition) is 4. The number of ether oxygens (including phenoxy) is 2. The molecule has 0 aromatic carbocycles. The number of hydrogen-bond donors (Lipinski definition) is 0. The molecule has 0 aliphatic heterocycles. The second-order valence-corrected chi connectivity index (χ2v) is 4.94. The Morgan fingerprint density at radius 3 is 2.78 bits per heavy atom. The smallest absolute Gasteiger partial charge is 0.339 e. The molecule has 4 heteroatoms. The van der Waals surface area contributed by atoms with Crippen molar-refractivity contribution in [2.45, 2.75) is 38.0 Å². The molecule has 0 radical (unpaired) electrons. The van der Waals surface area contributed by atoms with E-state index in [4.69, 9.17) is 9.47 Å². The van der Waals surface area contributed by atoms with Crippen LogP contribution in [0.1, 0.15) is 59.5 Å². The van der Waals surface area contributed by atoms with E-state index in [1.165, 1.54) is 6.42 Å². The zero-order valence-electron chi connectivity index (χ0n) is 10.7. The highest BCUT2D eigenvalue weighted by Crippen LogP contribution is 2.56. The van der Waals surface area contributed by atoms with Gasteiger partial charge in [-0.05, 0) is 43.6 Å². The van der Waals surface area contributed by atoms with Crippen molar-refractivity contribution in [1.82, 2.24) is 4.98 Å². The van der Waals surface area contributed by atoms with E-state index in [1.807, 2.05) is 6.92 Å². The van der Waals surface area contributed by atoms with Crippen molar-refractivity contribution < 1.29 is 14.3 Å². The van der Waals surface area contributed by atoms with Crippen molar-refractivity contribution in [3.63, 3.8) is 0 Å². The van der Waals surface area contributed by atoms with Gasteiger partial charge in [0.2, 0.25) is 5.88 Å². The first-order valence-electron chi connectivity index (χ1n) is 6.50. The van der Waals surface area contributed by atoms with Crippen LogP contribution in [0.2, 0.25) is 0 Å². The summed E-state index contributed by atoms with van der Waals surface area (Å²) < 4.78 is 10.5. The summed E-state index contributed by atoms with van der Waals surface area (Å²) in [4.78, 5) is 16.2. The van der Waals surface area contributed by atoms with Gasteiger partial charge in [0.15, 0.2) is 0 Å². The monoisotopic (exact) mass is 247 g/mol. The van der Waals surface area contributed by atoms with Crippen LogP contribution in [0.3, 0.4) is 0 Å². The lowest BCUT2D eigenvalue weighted by atomic mass is 9.89. The Morgan fingerprint density at radius 1 is 1.39 bits per heavy atom. The van der Waals surface area contributed by atoms with Crippen LogP contribution in [0.25, 0.3) is 0 Å². The van der Waals surface area contributed by atoms with Crippen LogP contribution in [0.5, 0.6) is 5.88 Å². The van der Waals surface area contributed by atoms with Gasteiger partial charge in [-0.3, -0.25) is 0 Å².